The fraction of sp³-hybridized carbons (Fsp3) is 0.529. The van der Waals surface area contributed by atoms with Crippen molar-refractivity contribution in [2.45, 2.75) is 33.6 Å². The summed E-state index contributed by atoms with van der Waals surface area (Å²) in [5.74, 6) is -5.45. The van der Waals surface area contributed by atoms with Gasteiger partial charge in [0.1, 0.15) is 0 Å². The second-order valence-electron chi connectivity index (χ2n) is 7.05. The predicted octanol–water partition coefficient (Wildman–Crippen LogP) is 3.33. The van der Waals surface area contributed by atoms with Gasteiger partial charge in [-0.15, -0.1) is 0 Å². The van der Waals surface area contributed by atoms with Gasteiger partial charge in [-0.05, 0) is 25.0 Å². The van der Waals surface area contributed by atoms with Gasteiger partial charge in [-0.1, -0.05) is 20.8 Å². The lowest BCUT2D eigenvalue weighted by Gasteiger charge is -2.35. The van der Waals surface area contributed by atoms with Gasteiger partial charge in [-0.2, -0.15) is 0 Å². The molecule has 1 aliphatic rings. The Morgan fingerprint density at radius 3 is 2.46 bits per heavy atom. The monoisotopic (exact) mass is 342 g/mol. The maximum absolute atomic E-state index is 13.7. The van der Waals surface area contributed by atoms with E-state index in [9.17, 15) is 22.8 Å². The average molecular weight is 342 g/mol. The molecule has 0 spiro atoms. The van der Waals surface area contributed by atoms with E-state index in [4.69, 9.17) is 0 Å². The first kappa shape index (κ1) is 18.3. The number of nitrogens with zero attached hydrogens (tertiary/aromatic N) is 1. The molecule has 1 atom stereocenters. The molecular formula is C17H21F3N2O2. The number of piperidine rings is 1. The van der Waals surface area contributed by atoms with E-state index >= 15 is 0 Å². The minimum Gasteiger partial charge on any atom is -0.341 e. The highest BCUT2D eigenvalue weighted by Gasteiger charge is 2.33. The smallest absolute Gasteiger partial charge is 0.229 e. The molecular weight excluding hydrogens is 321 g/mol. The maximum Gasteiger partial charge on any atom is 0.229 e. The lowest BCUT2D eigenvalue weighted by Crippen LogP contribution is -2.47. The average Bonchev–Trinajstić information content (AvgIpc) is 2.54. The van der Waals surface area contributed by atoms with Crippen LogP contribution in [0.4, 0.5) is 18.9 Å². The first-order valence-corrected chi connectivity index (χ1v) is 7.85. The van der Waals surface area contributed by atoms with Gasteiger partial charge in [-0.3, -0.25) is 9.59 Å². The zero-order valence-electron chi connectivity index (χ0n) is 14.0. The third-order valence-electron chi connectivity index (χ3n) is 4.01. The van der Waals surface area contributed by atoms with Crippen LogP contribution in [-0.2, 0) is 9.59 Å². The quantitative estimate of drug-likeness (QED) is 0.838. The van der Waals surface area contributed by atoms with E-state index in [1.807, 2.05) is 0 Å². The molecule has 1 unspecified atom stereocenters. The van der Waals surface area contributed by atoms with Crippen LogP contribution in [0.25, 0.3) is 0 Å². The fourth-order valence-electron chi connectivity index (χ4n) is 2.71. The number of halogens is 3. The molecule has 0 aromatic heterocycles. The molecule has 1 fully saturated rings. The minimum atomic E-state index is -1.62. The van der Waals surface area contributed by atoms with Crippen molar-refractivity contribution in [1.29, 1.82) is 0 Å². The van der Waals surface area contributed by atoms with Gasteiger partial charge in [0, 0.05) is 18.5 Å². The summed E-state index contributed by atoms with van der Waals surface area (Å²) < 4.78 is 39.8. The zero-order valence-corrected chi connectivity index (χ0v) is 14.0. The summed E-state index contributed by atoms with van der Waals surface area (Å²) in [7, 11) is 0. The first-order valence-electron chi connectivity index (χ1n) is 7.85. The van der Waals surface area contributed by atoms with Gasteiger partial charge in [0.2, 0.25) is 11.8 Å². The van der Waals surface area contributed by atoms with Gasteiger partial charge in [0.15, 0.2) is 17.5 Å². The largest absolute Gasteiger partial charge is 0.341 e. The number of anilines is 1. The number of rotatable bonds is 2. The Kier molecular flexibility index (Phi) is 5.20. The normalized spacial score (nSPS) is 18.4. The van der Waals surface area contributed by atoms with Gasteiger partial charge in [-0.25, -0.2) is 13.2 Å². The summed E-state index contributed by atoms with van der Waals surface area (Å²) in [6, 6.07) is 1.73. The Balaban J connectivity index is 2.08. The second-order valence-corrected chi connectivity index (χ2v) is 7.05. The highest BCUT2D eigenvalue weighted by molar-refractivity contribution is 5.93. The van der Waals surface area contributed by atoms with Crippen LogP contribution in [0, 0.1) is 28.8 Å². The van der Waals surface area contributed by atoms with Gasteiger partial charge < -0.3 is 10.2 Å². The van der Waals surface area contributed by atoms with Crippen LogP contribution in [0.3, 0.4) is 0 Å². The van der Waals surface area contributed by atoms with Crippen LogP contribution < -0.4 is 5.32 Å². The highest BCUT2D eigenvalue weighted by Crippen LogP contribution is 2.25. The molecule has 2 rings (SSSR count). The van der Waals surface area contributed by atoms with Crippen molar-refractivity contribution in [2.75, 3.05) is 18.4 Å². The van der Waals surface area contributed by atoms with Crippen LogP contribution >= 0.6 is 0 Å². The Labute approximate surface area is 139 Å². The van der Waals surface area contributed by atoms with Gasteiger partial charge in [0.05, 0.1) is 11.6 Å². The third kappa shape index (κ3) is 3.88. The molecule has 1 aliphatic heterocycles. The van der Waals surface area contributed by atoms with Crippen molar-refractivity contribution in [3.63, 3.8) is 0 Å². The van der Waals surface area contributed by atoms with E-state index in [1.165, 1.54) is 0 Å². The molecule has 1 heterocycles. The minimum absolute atomic E-state index is 0.0565. The molecule has 1 aromatic carbocycles. The number of carbonyl (C=O) groups excluding carboxylic acids is 2. The number of amides is 2. The van der Waals surface area contributed by atoms with E-state index in [1.54, 1.807) is 25.7 Å². The van der Waals surface area contributed by atoms with Crippen molar-refractivity contribution in [1.82, 2.24) is 4.90 Å². The van der Waals surface area contributed by atoms with Crippen molar-refractivity contribution in [3.8, 4) is 0 Å². The Hall–Kier alpha value is -2.05. The number of nitrogens with one attached hydrogen (secondary N) is 1. The predicted molar refractivity (Wildman–Crippen MR) is 83.7 cm³/mol. The van der Waals surface area contributed by atoms with Crippen molar-refractivity contribution in [2.24, 2.45) is 11.3 Å². The number of carbonyl (C=O) groups is 2. The van der Waals surface area contributed by atoms with Crippen LogP contribution in [0.2, 0.25) is 0 Å². The van der Waals surface area contributed by atoms with Crippen molar-refractivity contribution >= 4 is 17.5 Å². The standard InChI is InChI=1S/C17H21F3N2O2/c1-17(2,3)16(24)22-8-4-5-10(9-22)15(23)21-12-7-6-11(18)13(19)14(12)20/h6-7,10H,4-5,8-9H2,1-3H3,(H,21,23). The zero-order chi connectivity index (χ0) is 18.1. The Bertz CT molecular complexity index is 656. The molecule has 7 heteroatoms. The molecule has 4 nitrogen and oxygen atoms in total. The lowest BCUT2D eigenvalue weighted by atomic mass is 9.91. The van der Waals surface area contributed by atoms with Crippen LogP contribution in [0.15, 0.2) is 12.1 Å². The number of benzene rings is 1. The molecule has 2 amide bonds. The molecule has 132 valence electrons. The summed E-state index contributed by atoms with van der Waals surface area (Å²) >= 11 is 0. The van der Waals surface area contributed by atoms with Gasteiger partial charge in [0.25, 0.3) is 0 Å². The molecule has 1 aromatic rings. The van der Waals surface area contributed by atoms with Crippen LogP contribution in [-0.4, -0.2) is 29.8 Å². The van der Waals surface area contributed by atoms with Crippen LogP contribution in [0.1, 0.15) is 33.6 Å². The summed E-state index contributed by atoms with van der Waals surface area (Å²) in [5.41, 5.74) is -0.956. The van der Waals surface area contributed by atoms with E-state index in [0.717, 1.165) is 12.1 Å². The van der Waals surface area contributed by atoms with E-state index in [0.29, 0.717) is 19.4 Å². The van der Waals surface area contributed by atoms with Crippen molar-refractivity contribution < 1.29 is 22.8 Å². The molecule has 0 aliphatic carbocycles. The second kappa shape index (κ2) is 6.83. The molecule has 0 saturated carbocycles. The maximum atomic E-state index is 13.7. The number of likely N-dealkylation sites (tertiary alicyclic amines) is 1. The molecule has 0 bridgehead atoms. The fourth-order valence-corrected chi connectivity index (χ4v) is 2.71. The Morgan fingerprint density at radius 2 is 1.83 bits per heavy atom. The third-order valence-corrected chi connectivity index (χ3v) is 4.01. The molecule has 0 radical (unpaired) electrons. The first-order chi connectivity index (χ1) is 11.1. The van der Waals surface area contributed by atoms with Crippen molar-refractivity contribution in [3.05, 3.63) is 29.6 Å². The summed E-state index contributed by atoms with van der Waals surface area (Å²) in [6.45, 7) is 6.20. The topological polar surface area (TPSA) is 49.4 Å². The number of hydrogen-bond acceptors (Lipinski definition) is 2. The van der Waals surface area contributed by atoms with E-state index in [-0.39, 0.29) is 12.5 Å². The SMILES string of the molecule is CC(C)(C)C(=O)N1CCCC(C(=O)Nc2ccc(F)c(F)c2F)C1. The van der Waals surface area contributed by atoms with E-state index in [2.05, 4.69) is 5.32 Å². The lowest BCUT2D eigenvalue weighted by molar-refractivity contribution is -0.142. The molecule has 1 N–H and O–H groups in total. The summed E-state index contributed by atoms with van der Waals surface area (Å²) in [4.78, 5) is 26.2. The molecule has 1 saturated heterocycles. The van der Waals surface area contributed by atoms with Crippen LogP contribution in [0.5, 0.6) is 0 Å². The van der Waals surface area contributed by atoms with E-state index < -0.39 is 40.4 Å². The number of hydrogen-bond donors (Lipinski definition) is 1. The highest BCUT2D eigenvalue weighted by atomic mass is 19.2. The summed E-state index contributed by atoms with van der Waals surface area (Å²) in [6.07, 6.45) is 1.20. The molecule has 24 heavy (non-hydrogen) atoms. The Morgan fingerprint density at radius 1 is 1.17 bits per heavy atom. The summed E-state index contributed by atoms with van der Waals surface area (Å²) in [5, 5.41) is 2.29. The van der Waals surface area contributed by atoms with Gasteiger partial charge >= 0.3 is 0 Å².